The molecule has 0 aromatic carbocycles. The second kappa shape index (κ2) is 50.7. The normalized spacial score (nSPS) is 12.8. The summed E-state index contributed by atoms with van der Waals surface area (Å²) in [6.07, 6.45) is 64.8. The molecule has 0 fully saturated rings. The summed E-state index contributed by atoms with van der Waals surface area (Å²) in [5.41, 5.74) is 0. The van der Waals surface area contributed by atoms with Gasteiger partial charge in [0.15, 0.2) is 6.10 Å². The number of hydrogen-bond donors (Lipinski definition) is 0. The predicted octanol–water partition coefficient (Wildman–Crippen LogP) is 17.1. The van der Waals surface area contributed by atoms with E-state index in [1.807, 2.05) is 0 Å². The van der Waals surface area contributed by atoms with Crippen molar-refractivity contribution in [1.82, 2.24) is 0 Å². The average molecular weight is 837 g/mol. The highest BCUT2D eigenvalue weighted by Gasteiger charge is 2.17. The molecule has 5 heteroatoms. The van der Waals surface area contributed by atoms with Crippen molar-refractivity contribution in [2.45, 2.75) is 245 Å². The van der Waals surface area contributed by atoms with Crippen molar-refractivity contribution in [1.29, 1.82) is 0 Å². The molecule has 0 aliphatic carbocycles. The molecule has 0 aliphatic heterocycles. The van der Waals surface area contributed by atoms with Crippen LogP contribution in [0.2, 0.25) is 0 Å². The predicted molar refractivity (Wildman–Crippen MR) is 260 cm³/mol. The number of carbonyl (C=O) groups excluding carboxylic acids is 2. The molecule has 0 saturated heterocycles. The van der Waals surface area contributed by atoms with Crippen LogP contribution in [0.1, 0.15) is 239 Å². The average Bonchev–Trinajstić information content (AvgIpc) is 3.25. The molecular weight excluding hydrogens is 741 g/mol. The van der Waals surface area contributed by atoms with Gasteiger partial charge >= 0.3 is 11.9 Å². The van der Waals surface area contributed by atoms with Gasteiger partial charge < -0.3 is 14.2 Å². The van der Waals surface area contributed by atoms with Crippen molar-refractivity contribution in [3.8, 4) is 0 Å². The van der Waals surface area contributed by atoms with Crippen LogP contribution in [0.25, 0.3) is 0 Å². The topological polar surface area (TPSA) is 61.8 Å². The largest absolute Gasteiger partial charge is 0.462 e. The van der Waals surface area contributed by atoms with E-state index in [4.69, 9.17) is 14.2 Å². The van der Waals surface area contributed by atoms with Crippen LogP contribution in [0.3, 0.4) is 0 Å². The third-order valence-corrected chi connectivity index (χ3v) is 10.7. The van der Waals surface area contributed by atoms with E-state index in [0.717, 1.165) is 89.9 Å². The molecule has 0 aromatic heterocycles. The summed E-state index contributed by atoms with van der Waals surface area (Å²) in [7, 11) is 0. The Hall–Kier alpha value is -2.66. The molecule has 346 valence electrons. The van der Waals surface area contributed by atoms with Gasteiger partial charge in [-0.3, -0.25) is 9.59 Å². The Morgan fingerprint density at radius 2 is 0.750 bits per heavy atom. The minimum absolute atomic E-state index is 0.0579. The van der Waals surface area contributed by atoms with Gasteiger partial charge in [-0.05, 0) is 89.9 Å². The van der Waals surface area contributed by atoms with E-state index in [2.05, 4.69) is 93.7 Å². The van der Waals surface area contributed by atoms with Crippen LogP contribution < -0.4 is 0 Å². The standard InChI is InChI=1S/C55H96O5/c1-4-7-10-13-16-19-22-25-28-30-33-36-39-42-45-48-54(56)59-52-53(51-58-50-47-44-41-38-35-32-27-24-21-18-15-12-9-6-3)60-55(57)49-46-43-40-37-34-31-29-26-23-20-17-14-11-8-5-2/h7,10,16-17,19-20,25-26,28-29,33,36,53H,4-6,8-9,11-15,18,21-24,27,30-32,34-35,37-52H2,1-3H3/b10-7-,19-16-,20-17-,28-25-,29-26-,36-33-. The van der Waals surface area contributed by atoms with E-state index >= 15 is 0 Å². The van der Waals surface area contributed by atoms with Crippen molar-refractivity contribution in [3.63, 3.8) is 0 Å². The highest BCUT2D eigenvalue weighted by atomic mass is 16.6. The molecule has 1 unspecified atom stereocenters. The summed E-state index contributed by atoms with van der Waals surface area (Å²) in [4.78, 5) is 25.4. The zero-order valence-corrected chi connectivity index (χ0v) is 39.7. The van der Waals surface area contributed by atoms with Crippen molar-refractivity contribution in [2.75, 3.05) is 19.8 Å². The number of carbonyl (C=O) groups is 2. The van der Waals surface area contributed by atoms with Crippen LogP contribution in [0.15, 0.2) is 72.9 Å². The molecule has 0 N–H and O–H groups in total. The summed E-state index contributed by atoms with van der Waals surface area (Å²) >= 11 is 0. The summed E-state index contributed by atoms with van der Waals surface area (Å²) < 4.78 is 17.4. The minimum atomic E-state index is -0.560. The zero-order chi connectivity index (χ0) is 43.5. The van der Waals surface area contributed by atoms with Crippen molar-refractivity contribution >= 4 is 11.9 Å². The van der Waals surface area contributed by atoms with Gasteiger partial charge in [0, 0.05) is 19.4 Å². The maximum Gasteiger partial charge on any atom is 0.306 e. The monoisotopic (exact) mass is 837 g/mol. The molecule has 0 heterocycles. The van der Waals surface area contributed by atoms with Crippen molar-refractivity contribution in [2.24, 2.45) is 0 Å². The van der Waals surface area contributed by atoms with E-state index < -0.39 is 6.10 Å². The Kier molecular flexibility index (Phi) is 48.4. The first kappa shape index (κ1) is 57.3. The van der Waals surface area contributed by atoms with Gasteiger partial charge in [-0.2, -0.15) is 0 Å². The van der Waals surface area contributed by atoms with E-state index in [1.54, 1.807) is 0 Å². The summed E-state index contributed by atoms with van der Waals surface area (Å²) in [5, 5.41) is 0. The molecule has 0 saturated carbocycles. The number of hydrogen-bond acceptors (Lipinski definition) is 5. The van der Waals surface area contributed by atoms with Crippen LogP contribution in [0, 0.1) is 0 Å². The second-order valence-electron chi connectivity index (χ2n) is 16.7. The molecule has 0 amide bonds. The first-order valence-electron chi connectivity index (χ1n) is 25.5. The second-order valence-corrected chi connectivity index (χ2v) is 16.7. The summed E-state index contributed by atoms with van der Waals surface area (Å²) in [6.45, 7) is 7.65. The van der Waals surface area contributed by atoms with Gasteiger partial charge in [-0.25, -0.2) is 0 Å². The van der Waals surface area contributed by atoms with Crippen molar-refractivity contribution in [3.05, 3.63) is 72.9 Å². The van der Waals surface area contributed by atoms with E-state index in [0.29, 0.717) is 19.4 Å². The molecule has 0 aromatic rings. The van der Waals surface area contributed by atoms with Crippen LogP contribution >= 0.6 is 0 Å². The van der Waals surface area contributed by atoms with E-state index in [9.17, 15) is 9.59 Å². The van der Waals surface area contributed by atoms with Crippen LogP contribution in [0.5, 0.6) is 0 Å². The number of unbranched alkanes of at least 4 members (excludes halogenated alkanes) is 23. The number of ether oxygens (including phenoxy) is 3. The third-order valence-electron chi connectivity index (χ3n) is 10.7. The van der Waals surface area contributed by atoms with Gasteiger partial charge in [0.05, 0.1) is 6.61 Å². The SMILES string of the molecule is CC/C=C\C/C=C\C/C=C\C/C=C\CCCCC(=O)OCC(COCCCCCCCCCCCCCCCC)OC(=O)CCCCCCC/C=C\C/C=C\CCCCC. The van der Waals surface area contributed by atoms with Crippen LogP contribution in [-0.4, -0.2) is 37.9 Å². The lowest BCUT2D eigenvalue weighted by Gasteiger charge is -2.18. The lowest BCUT2D eigenvalue weighted by Crippen LogP contribution is -2.30. The lowest BCUT2D eigenvalue weighted by atomic mass is 10.0. The molecular formula is C55H96O5. The van der Waals surface area contributed by atoms with Crippen LogP contribution in [0.4, 0.5) is 0 Å². The lowest BCUT2D eigenvalue weighted by molar-refractivity contribution is -0.163. The molecule has 0 bridgehead atoms. The number of rotatable bonds is 46. The molecule has 1 atom stereocenters. The van der Waals surface area contributed by atoms with Gasteiger partial charge in [-0.15, -0.1) is 0 Å². The first-order chi connectivity index (χ1) is 29.6. The number of allylic oxidation sites excluding steroid dienone is 12. The fourth-order valence-corrected chi connectivity index (χ4v) is 6.94. The van der Waals surface area contributed by atoms with Gasteiger partial charge in [-0.1, -0.05) is 209 Å². The molecule has 0 spiro atoms. The van der Waals surface area contributed by atoms with E-state index in [-0.39, 0.29) is 25.2 Å². The van der Waals surface area contributed by atoms with Crippen LogP contribution in [-0.2, 0) is 23.8 Å². The fraction of sp³-hybridized carbons (Fsp3) is 0.745. The molecule has 0 rings (SSSR count). The highest BCUT2D eigenvalue weighted by molar-refractivity contribution is 5.70. The smallest absolute Gasteiger partial charge is 0.306 e. The Bertz CT molecular complexity index is 1080. The molecule has 0 radical (unpaired) electrons. The summed E-state index contributed by atoms with van der Waals surface area (Å²) in [6, 6.07) is 0. The first-order valence-corrected chi connectivity index (χ1v) is 25.5. The third kappa shape index (κ3) is 48.0. The Morgan fingerprint density at radius 1 is 0.383 bits per heavy atom. The maximum atomic E-state index is 12.8. The Labute approximate surface area is 372 Å². The van der Waals surface area contributed by atoms with Crippen molar-refractivity contribution < 1.29 is 23.8 Å². The van der Waals surface area contributed by atoms with Gasteiger partial charge in [0.2, 0.25) is 0 Å². The fourth-order valence-electron chi connectivity index (χ4n) is 6.94. The quantitative estimate of drug-likeness (QED) is 0.0347. The summed E-state index contributed by atoms with van der Waals surface area (Å²) in [5.74, 6) is -0.457. The van der Waals surface area contributed by atoms with Gasteiger partial charge in [0.25, 0.3) is 0 Å². The Balaban J connectivity index is 4.35. The number of esters is 2. The Morgan fingerprint density at radius 3 is 1.27 bits per heavy atom. The van der Waals surface area contributed by atoms with E-state index in [1.165, 1.54) is 116 Å². The molecule has 5 nitrogen and oxygen atoms in total. The van der Waals surface area contributed by atoms with Gasteiger partial charge in [0.1, 0.15) is 6.61 Å². The highest BCUT2D eigenvalue weighted by Crippen LogP contribution is 2.14. The molecule has 0 aliphatic rings. The maximum absolute atomic E-state index is 12.8. The minimum Gasteiger partial charge on any atom is -0.462 e. The molecule has 60 heavy (non-hydrogen) atoms. The zero-order valence-electron chi connectivity index (χ0n) is 39.7.